The van der Waals surface area contributed by atoms with E-state index in [1.165, 1.54) is 0 Å². The highest BCUT2D eigenvalue weighted by Crippen LogP contribution is 2.36. The van der Waals surface area contributed by atoms with Gasteiger partial charge in [0.1, 0.15) is 12.0 Å². The van der Waals surface area contributed by atoms with Gasteiger partial charge >= 0.3 is 6.18 Å². The molecule has 138 valence electrons. The lowest BCUT2D eigenvalue weighted by Gasteiger charge is -2.28. The molecule has 26 heavy (non-hydrogen) atoms. The van der Waals surface area contributed by atoms with E-state index in [0.717, 1.165) is 22.1 Å². The molecule has 1 fully saturated rings. The average molecular weight is 433 g/mol. The fourth-order valence-corrected chi connectivity index (χ4v) is 3.39. The first-order chi connectivity index (χ1) is 12.2. The maximum atomic E-state index is 14.1. The van der Waals surface area contributed by atoms with Gasteiger partial charge in [-0.3, -0.25) is 4.79 Å². The number of nitrogens with zero attached hydrogens (tertiary/aromatic N) is 2. The maximum absolute atomic E-state index is 14.1. The van der Waals surface area contributed by atoms with Gasteiger partial charge in [0.15, 0.2) is 0 Å². The fraction of sp³-hybridized carbons (Fsp3) is 0.235. The number of halogens is 5. The van der Waals surface area contributed by atoms with Crippen LogP contribution in [0.4, 0.5) is 17.6 Å². The fourth-order valence-electron chi connectivity index (χ4n) is 2.97. The zero-order valence-corrected chi connectivity index (χ0v) is 14.8. The standard InChI is InChI=1S/C17H13BrF4N2O2/c18-11-4-1-3-10(9-11)15-23(7-8-24(15)26)16(25)14-12(17(20,21)22)5-2-6-13(14)19/h1-6,9,15,26H,7-8H2. The summed E-state index contributed by atoms with van der Waals surface area (Å²) < 4.78 is 54.5. The van der Waals surface area contributed by atoms with Crippen LogP contribution in [0.15, 0.2) is 46.9 Å². The first-order valence-corrected chi connectivity index (χ1v) is 8.37. The predicted octanol–water partition coefficient (Wildman–Crippen LogP) is 4.45. The summed E-state index contributed by atoms with van der Waals surface area (Å²) in [6.07, 6.45) is -5.89. The van der Waals surface area contributed by atoms with Gasteiger partial charge in [-0.05, 0) is 29.8 Å². The Bertz CT molecular complexity index is 844. The number of hydroxylamine groups is 2. The topological polar surface area (TPSA) is 43.8 Å². The van der Waals surface area contributed by atoms with Crippen molar-refractivity contribution in [1.29, 1.82) is 0 Å². The van der Waals surface area contributed by atoms with Crippen LogP contribution >= 0.6 is 15.9 Å². The van der Waals surface area contributed by atoms with Crippen molar-refractivity contribution in [2.24, 2.45) is 0 Å². The summed E-state index contributed by atoms with van der Waals surface area (Å²) in [6, 6.07) is 9.02. The Labute approximate surface area is 154 Å². The van der Waals surface area contributed by atoms with Crippen LogP contribution in [-0.4, -0.2) is 34.2 Å². The third kappa shape index (κ3) is 3.46. The predicted molar refractivity (Wildman–Crippen MR) is 87.8 cm³/mol. The summed E-state index contributed by atoms with van der Waals surface area (Å²) in [5.41, 5.74) is -1.90. The minimum Gasteiger partial charge on any atom is -0.315 e. The molecule has 0 saturated carbocycles. The summed E-state index contributed by atoms with van der Waals surface area (Å²) in [6.45, 7) is -0.0170. The van der Waals surface area contributed by atoms with Crippen LogP contribution in [-0.2, 0) is 6.18 Å². The van der Waals surface area contributed by atoms with Crippen LogP contribution in [0.1, 0.15) is 27.7 Å². The number of carbonyl (C=O) groups excluding carboxylic acids is 1. The highest BCUT2D eigenvalue weighted by molar-refractivity contribution is 9.10. The zero-order valence-electron chi connectivity index (χ0n) is 13.2. The van der Waals surface area contributed by atoms with Crippen molar-refractivity contribution >= 4 is 21.8 Å². The average Bonchev–Trinajstić information content (AvgIpc) is 2.95. The summed E-state index contributed by atoms with van der Waals surface area (Å²) in [4.78, 5) is 13.8. The smallest absolute Gasteiger partial charge is 0.315 e. The molecular weight excluding hydrogens is 420 g/mol. The van der Waals surface area contributed by atoms with Gasteiger partial charge in [0.05, 0.1) is 11.1 Å². The van der Waals surface area contributed by atoms with Crippen LogP contribution in [0.5, 0.6) is 0 Å². The maximum Gasteiger partial charge on any atom is 0.417 e. The van der Waals surface area contributed by atoms with E-state index >= 15 is 0 Å². The van der Waals surface area contributed by atoms with E-state index in [9.17, 15) is 27.6 Å². The van der Waals surface area contributed by atoms with Crippen molar-refractivity contribution in [3.63, 3.8) is 0 Å². The van der Waals surface area contributed by atoms with Crippen LogP contribution in [0.2, 0.25) is 0 Å². The van der Waals surface area contributed by atoms with Gasteiger partial charge in [-0.1, -0.05) is 34.1 Å². The third-order valence-corrected chi connectivity index (χ3v) is 4.58. The first-order valence-electron chi connectivity index (χ1n) is 7.58. The van der Waals surface area contributed by atoms with Crippen LogP contribution in [0.25, 0.3) is 0 Å². The highest BCUT2D eigenvalue weighted by Gasteiger charge is 2.42. The molecule has 1 aliphatic heterocycles. The van der Waals surface area contributed by atoms with E-state index in [-0.39, 0.29) is 13.1 Å². The Balaban J connectivity index is 2.05. The summed E-state index contributed by atoms with van der Waals surface area (Å²) in [5.74, 6) is -2.38. The van der Waals surface area contributed by atoms with Crippen molar-refractivity contribution in [3.05, 3.63) is 69.4 Å². The number of carbonyl (C=O) groups is 1. The van der Waals surface area contributed by atoms with Gasteiger partial charge in [0, 0.05) is 17.6 Å². The largest absolute Gasteiger partial charge is 0.417 e. The van der Waals surface area contributed by atoms with Gasteiger partial charge in [0.25, 0.3) is 5.91 Å². The van der Waals surface area contributed by atoms with Gasteiger partial charge < -0.3 is 10.1 Å². The molecule has 0 aliphatic carbocycles. The lowest BCUT2D eigenvalue weighted by molar-refractivity contribution is -0.138. The number of benzene rings is 2. The molecule has 1 aliphatic rings. The molecular formula is C17H13BrF4N2O2. The second-order valence-corrected chi connectivity index (χ2v) is 6.67. The molecule has 1 heterocycles. The lowest BCUT2D eigenvalue weighted by Crippen LogP contribution is -2.36. The first kappa shape index (κ1) is 18.8. The van der Waals surface area contributed by atoms with E-state index in [2.05, 4.69) is 15.9 Å². The van der Waals surface area contributed by atoms with Crippen molar-refractivity contribution in [3.8, 4) is 0 Å². The number of hydrogen-bond donors (Lipinski definition) is 1. The molecule has 9 heteroatoms. The lowest BCUT2D eigenvalue weighted by atomic mass is 10.0. The van der Waals surface area contributed by atoms with E-state index in [1.54, 1.807) is 24.3 Å². The molecule has 3 rings (SSSR count). The molecule has 1 saturated heterocycles. The molecule has 0 radical (unpaired) electrons. The van der Waals surface area contributed by atoms with Crippen LogP contribution < -0.4 is 0 Å². The van der Waals surface area contributed by atoms with E-state index in [1.807, 2.05) is 0 Å². The van der Waals surface area contributed by atoms with Crippen molar-refractivity contribution in [1.82, 2.24) is 9.96 Å². The van der Waals surface area contributed by atoms with Crippen LogP contribution in [0, 0.1) is 5.82 Å². The minimum atomic E-state index is -4.88. The zero-order chi connectivity index (χ0) is 19.1. The summed E-state index contributed by atoms with van der Waals surface area (Å²) in [5, 5.41) is 10.9. The third-order valence-electron chi connectivity index (χ3n) is 4.09. The molecule has 1 atom stereocenters. The van der Waals surface area contributed by atoms with Crippen molar-refractivity contribution in [2.45, 2.75) is 12.3 Å². The van der Waals surface area contributed by atoms with Crippen molar-refractivity contribution in [2.75, 3.05) is 13.1 Å². The number of amides is 1. The molecule has 1 amide bonds. The van der Waals surface area contributed by atoms with E-state index in [4.69, 9.17) is 0 Å². The molecule has 0 aromatic heterocycles. The summed E-state index contributed by atoms with van der Waals surface area (Å²) >= 11 is 3.27. The Kier molecular flexibility index (Phi) is 5.05. The van der Waals surface area contributed by atoms with E-state index in [0.29, 0.717) is 16.1 Å². The van der Waals surface area contributed by atoms with E-state index < -0.39 is 35.2 Å². The van der Waals surface area contributed by atoms with Crippen molar-refractivity contribution < 1.29 is 27.6 Å². The number of rotatable bonds is 2. The van der Waals surface area contributed by atoms with Gasteiger partial charge in [-0.2, -0.15) is 18.2 Å². The number of alkyl halides is 3. The molecule has 2 aromatic carbocycles. The molecule has 0 bridgehead atoms. The SMILES string of the molecule is O=C(c1c(F)cccc1C(F)(F)F)N1CCN(O)C1c1cccc(Br)c1. The van der Waals surface area contributed by atoms with Gasteiger partial charge in [-0.25, -0.2) is 4.39 Å². The molecule has 1 unspecified atom stereocenters. The second-order valence-electron chi connectivity index (χ2n) is 5.75. The van der Waals surface area contributed by atoms with Crippen LogP contribution in [0.3, 0.4) is 0 Å². The highest BCUT2D eigenvalue weighted by atomic mass is 79.9. The quantitative estimate of drug-likeness (QED) is 0.712. The van der Waals surface area contributed by atoms with Gasteiger partial charge in [0.2, 0.25) is 0 Å². The second kappa shape index (κ2) is 6.98. The Morgan fingerprint density at radius 3 is 2.50 bits per heavy atom. The number of hydrogen-bond acceptors (Lipinski definition) is 3. The Hall–Kier alpha value is -1.97. The molecule has 0 spiro atoms. The Morgan fingerprint density at radius 2 is 1.85 bits per heavy atom. The normalized spacial score (nSPS) is 18.4. The molecule has 4 nitrogen and oxygen atoms in total. The summed E-state index contributed by atoms with van der Waals surface area (Å²) in [7, 11) is 0. The van der Waals surface area contributed by atoms with Gasteiger partial charge in [-0.15, -0.1) is 0 Å². The molecule has 2 aromatic rings. The molecule has 1 N–H and O–H groups in total. The Morgan fingerprint density at radius 1 is 1.15 bits per heavy atom. The monoisotopic (exact) mass is 432 g/mol. The minimum absolute atomic E-state index is 0.0265.